The van der Waals surface area contributed by atoms with Crippen molar-refractivity contribution in [3.05, 3.63) is 23.7 Å². The largest absolute Gasteiger partial charge is 0.465 e. The molecule has 0 radical (unpaired) electrons. The molecule has 1 unspecified atom stereocenters. The van der Waals surface area contributed by atoms with Gasteiger partial charge in [-0.25, -0.2) is 0 Å². The first-order valence-corrected chi connectivity index (χ1v) is 5.05. The van der Waals surface area contributed by atoms with Gasteiger partial charge in [-0.2, -0.15) is 0 Å². The van der Waals surface area contributed by atoms with E-state index >= 15 is 0 Å². The molecule has 1 aromatic heterocycles. The van der Waals surface area contributed by atoms with Crippen molar-refractivity contribution in [2.24, 2.45) is 0 Å². The number of aryl methyl sites for hydroxylation is 1. The van der Waals surface area contributed by atoms with Crippen LogP contribution in [0.2, 0.25) is 0 Å². The summed E-state index contributed by atoms with van der Waals surface area (Å²) in [5, 5.41) is 0. The predicted molar refractivity (Wildman–Crippen MR) is 52.6 cm³/mol. The van der Waals surface area contributed by atoms with Crippen molar-refractivity contribution in [2.45, 2.75) is 39.3 Å². The molecule has 1 aliphatic heterocycles. The quantitative estimate of drug-likeness (QED) is 0.693. The summed E-state index contributed by atoms with van der Waals surface area (Å²) in [6.07, 6.45) is 2.67. The van der Waals surface area contributed by atoms with E-state index in [9.17, 15) is 0 Å². The molecule has 1 fully saturated rings. The van der Waals surface area contributed by atoms with Crippen LogP contribution in [0.3, 0.4) is 0 Å². The fourth-order valence-corrected chi connectivity index (χ4v) is 2.00. The van der Waals surface area contributed by atoms with Crippen LogP contribution in [-0.2, 0) is 6.54 Å². The van der Waals surface area contributed by atoms with E-state index < -0.39 is 0 Å². The second kappa shape index (κ2) is 3.54. The van der Waals surface area contributed by atoms with E-state index in [1.165, 1.54) is 19.4 Å². The molecule has 1 saturated heterocycles. The van der Waals surface area contributed by atoms with Crippen LogP contribution in [0.5, 0.6) is 0 Å². The lowest BCUT2D eigenvalue weighted by atomic mass is 10.2. The molecule has 0 amide bonds. The maximum Gasteiger partial charge on any atom is 0.118 e. The van der Waals surface area contributed by atoms with Crippen LogP contribution in [0.4, 0.5) is 0 Å². The van der Waals surface area contributed by atoms with E-state index in [0.29, 0.717) is 0 Å². The summed E-state index contributed by atoms with van der Waals surface area (Å²) < 4.78 is 5.55. The van der Waals surface area contributed by atoms with Crippen LogP contribution >= 0.6 is 0 Å². The van der Waals surface area contributed by atoms with Gasteiger partial charge < -0.3 is 4.42 Å². The number of hydrogen-bond donors (Lipinski definition) is 0. The van der Waals surface area contributed by atoms with Gasteiger partial charge in [0, 0.05) is 6.04 Å². The van der Waals surface area contributed by atoms with Crippen LogP contribution in [0.1, 0.15) is 31.3 Å². The lowest BCUT2D eigenvalue weighted by molar-refractivity contribution is 0.237. The minimum atomic E-state index is 0.727. The topological polar surface area (TPSA) is 16.4 Å². The molecule has 1 aromatic rings. The van der Waals surface area contributed by atoms with Crippen molar-refractivity contribution in [1.82, 2.24) is 4.90 Å². The highest BCUT2D eigenvalue weighted by molar-refractivity contribution is 5.05. The molecule has 13 heavy (non-hydrogen) atoms. The molecular formula is C11H17NO. The maximum absolute atomic E-state index is 5.55. The van der Waals surface area contributed by atoms with Gasteiger partial charge >= 0.3 is 0 Å². The molecular weight excluding hydrogens is 162 g/mol. The van der Waals surface area contributed by atoms with Gasteiger partial charge in [-0.05, 0) is 45.4 Å². The molecule has 0 saturated carbocycles. The second-order valence-corrected chi connectivity index (χ2v) is 3.97. The Balaban J connectivity index is 1.97. The SMILES string of the molecule is Cc1ccc(CN2CCCC2C)o1. The molecule has 2 heterocycles. The maximum atomic E-state index is 5.55. The van der Waals surface area contributed by atoms with E-state index in [2.05, 4.69) is 17.9 Å². The van der Waals surface area contributed by atoms with Gasteiger partial charge in [0.15, 0.2) is 0 Å². The first kappa shape index (κ1) is 8.82. The molecule has 2 rings (SSSR count). The molecule has 0 aromatic carbocycles. The third kappa shape index (κ3) is 1.94. The van der Waals surface area contributed by atoms with E-state index in [-0.39, 0.29) is 0 Å². The first-order valence-electron chi connectivity index (χ1n) is 5.05. The summed E-state index contributed by atoms with van der Waals surface area (Å²) in [5.41, 5.74) is 0. The van der Waals surface area contributed by atoms with Crippen LogP contribution in [0.15, 0.2) is 16.5 Å². The van der Waals surface area contributed by atoms with Gasteiger partial charge in [0.1, 0.15) is 11.5 Å². The van der Waals surface area contributed by atoms with Gasteiger partial charge in [0.25, 0.3) is 0 Å². The average Bonchev–Trinajstić information content (AvgIpc) is 2.64. The minimum absolute atomic E-state index is 0.727. The van der Waals surface area contributed by atoms with Crippen LogP contribution < -0.4 is 0 Å². The van der Waals surface area contributed by atoms with E-state index in [1.54, 1.807) is 0 Å². The van der Waals surface area contributed by atoms with Crippen LogP contribution in [0, 0.1) is 6.92 Å². The van der Waals surface area contributed by atoms with Gasteiger partial charge in [0.2, 0.25) is 0 Å². The normalized spacial score (nSPS) is 24.0. The Morgan fingerprint density at radius 3 is 2.92 bits per heavy atom. The number of rotatable bonds is 2. The highest BCUT2D eigenvalue weighted by Gasteiger charge is 2.20. The number of nitrogens with zero attached hydrogens (tertiary/aromatic N) is 1. The monoisotopic (exact) mass is 179 g/mol. The van der Waals surface area contributed by atoms with Crippen molar-refractivity contribution >= 4 is 0 Å². The molecule has 0 N–H and O–H groups in total. The van der Waals surface area contributed by atoms with E-state index in [0.717, 1.165) is 24.1 Å². The van der Waals surface area contributed by atoms with Crippen molar-refractivity contribution in [2.75, 3.05) is 6.54 Å². The zero-order valence-electron chi connectivity index (χ0n) is 8.42. The Bertz CT molecular complexity index is 279. The van der Waals surface area contributed by atoms with E-state index in [1.807, 2.05) is 13.0 Å². The molecule has 2 nitrogen and oxygen atoms in total. The van der Waals surface area contributed by atoms with E-state index in [4.69, 9.17) is 4.42 Å². The lowest BCUT2D eigenvalue weighted by Gasteiger charge is -2.19. The zero-order chi connectivity index (χ0) is 9.26. The summed E-state index contributed by atoms with van der Waals surface area (Å²) in [5.74, 6) is 2.12. The highest BCUT2D eigenvalue weighted by atomic mass is 16.3. The third-order valence-electron chi connectivity index (χ3n) is 2.85. The zero-order valence-corrected chi connectivity index (χ0v) is 8.42. The summed E-state index contributed by atoms with van der Waals surface area (Å²) in [7, 11) is 0. The Hall–Kier alpha value is -0.760. The molecule has 0 aliphatic carbocycles. The minimum Gasteiger partial charge on any atom is -0.465 e. The Morgan fingerprint density at radius 2 is 2.38 bits per heavy atom. The third-order valence-corrected chi connectivity index (χ3v) is 2.85. The number of likely N-dealkylation sites (tertiary alicyclic amines) is 1. The number of furan rings is 1. The van der Waals surface area contributed by atoms with Crippen molar-refractivity contribution in [3.8, 4) is 0 Å². The molecule has 1 atom stereocenters. The highest BCUT2D eigenvalue weighted by Crippen LogP contribution is 2.20. The molecule has 0 spiro atoms. The fraction of sp³-hybridized carbons (Fsp3) is 0.636. The summed E-state index contributed by atoms with van der Waals surface area (Å²) in [6.45, 7) is 6.50. The van der Waals surface area contributed by atoms with Crippen molar-refractivity contribution in [1.29, 1.82) is 0 Å². The standard InChI is InChI=1S/C11H17NO/c1-9-4-3-7-12(9)8-11-6-5-10(2)13-11/h5-6,9H,3-4,7-8H2,1-2H3. The molecule has 0 bridgehead atoms. The Labute approximate surface area is 79.5 Å². The van der Waals surface area contributed by atoms with Crippen LogP contribution in [0.25, 0.3) is 0 Å². The van der Waals surface area contributed by atoms with Gasteiger partial charge in [-0.3, -0.25) is 4.90 Å². The summed E-state index contributed by atoms with van der Waals surface area (Å²) in [6, 6.07) is 4.85. The summed E-state index contributed by atoms with van der Waals surface area (Å²) >= 11 is 0. The second-order valence-electron chi connectivity index (χ2n) is 3.97. The summed E-state index contributed by atoms with van der Waals surface area (Å²) in [4.78, 5) is 2.48. The molecule has 1 aliphatic rings. The smallest absolute Gasteiger partial charge is 0.118 e. The Kier molecular flexibility index (Phi) is 2.40. The molecule has 2 heteroatoms. The Morgan fingerprint density at radius 1 is 1.54 bits per heavy atom. The fourth-order valence-electron chi connectivity index (χ4n) is 2.00. The van der Waals surface area contributed by atoms with Crippen molar-refractivity contribution < 1.29 is 4.42 Å². The number of hydrogen-bond acceptors (Lipinski definition) is 2. The average molecular weight is 179 g/mol. The first-order chi connectivity index (χ1) is 6.25. The lowest BCUT2D eigenvalue weighted by Crippen LogP contribution is -2.25. The van der Waals surface area contributed by atoms with Crippen molar-refractivity contribution in [3.63, 3.8) is 0 Å². The van der Waals surface area contributed by atoms with Gasteiger partial charge in [-0.1, -0.05) is 0 Å². The van der Waals surface area contributed by atoms with Gasteiger partial charge in [-0.15, -0.1) is 0 Å². The predicted octanol–water partition coefficient (Wildman–Crippen LogP) is 2.57. The van der Waals surface area contributed by atoms with Gasteiger partial charge in [0.05, 0.1) is 6.54 Å². The van der Waals surface area contributed by atoms with Crippen LogP contribution in [-0.4, -0.2) is 17.5 Å². The molecule has 72 valence electrons.